The fourth-order valence-electron chi connectivity index (χ4n) is 2.10. The second-order valence-corrected chi connectivity index (χ2v) is 5.47. The fourth-order valence-corrected chi connectivity index (χ4v) is 2.67. The van der Waals surface area contributed by atoms with E-state index < -0.39 is 0 Å². The summed E-state index contributed by atoms with van der Waals surface area (Å²) in [4.78, 5) is 6.42. The minimum atomic E-state index is -0.342. The minimum absolute atomic E-state index is 0.316. The molecule has 0 saturated carbocycles. The molecule has 1 aromatic heterocycles. The molecular weight excluding hydrogens is 273 g/mol. The molecule has 4 nitrogen and oxygen atoms in total. The lowest BCUT2D eigenvalue weighted by Crippen LogP contribution is -2.43. The highest BCUT2D eigenvalue weighted by Crippen LogP contribution is 2.33. The molecule has 0 spiro atoms. The first-order valence-corrected chi connectivity index (χ1v) is 6.75. The number of rotatable bonds is 2. The quantitative estimate of drug-likeness (QED) is 0.879. The summed E-state index contributed by atoms with van der Waals surface area (Å²) in [6, 6.07) is 1.68. The second-order valence-electron chi connectivity index (χ2n) is 4.65. The minimum Gasteiger partial charge on any atom is -0.391 e. The number of nitrogens with zero attached hydrogens (tertiary/aromatic N) is 2. The van der Waals surface area contributed by atoms with Gasteiger partial charge in [-0.3, -0.25) is 0 Å². The molecule has 100 valence electrons. The van der Waals surface area contributed by atoms with Crippen molar-refractivity contribution < 1.29 is 5.11 Å². The van der Waals surface area contributed by atoms with Crippen molar-refractivity contribution >= 4 is 34.8 Å². The molecule has 0 aromatic carbocycles. The molecule has 2 unspecified atom stereocenters. The third kappa shape index (κ3) is 2.66. The lowest BCUT2D eigenvalue weighted by atomic mass is 9.96. The zero-order chi connectivity index (χ0) is 13.3. The van der Waals surface area contributed by atoms with Gasteiger partial charge in [-0.1, -0.05) is 30.1 Å². The molecule has 2 atom stereocenters. The molecule has 18 heavy (non-hydrogen) atoms. The van der Waals surface area contributed by atoms with Gasteiger partial charge in [0, 0.05) is 20.1 Å². The Morgan fingerprint density at radius 1 is 1.44 bits per heavy atom. The van der Waals surface area contributed by atoms with Crippen molar-refractivity contribution in [1.29, 1.82) is 0 Å². The Kier molecular flexibility index (Phi) is 4.20. The summed E-state index contributed by atoms with van der Waals surface area (Å²) in [5.41, 5.74) is 0. The summed E-state index contributed by atoms with van der Waals surface area (Å²) in [6.07, 6.45) is 0.585. The van der Waals surface area contributed by atoms with Gasteiger partial charge in [0.2, 0.25) is 0 Å². The molecule has 0 aliphatic carbocycles. The Bertz CT molecular complexity index is 442. The molecule has 0 amide bonds. The predicted molar refractivity (Wildman–Crippen MR) is 75.8 cm³/mol. The first-order valence-electron chi connectivity index (χ1n) is 5.99. The van der Waals surface area contributed by atoms with Gasteiger partial charge in [0.1, 0.15) is 11.6 Å². The van der Waals surface area contributed by atoms with Crippen LogP contribution in [0.3, 0.4) is 0 Å². The number of aliphatic hydroxyl groups excluding tert-OH is 1. The number of piperidine rings is 1. The van der Waals surface area contributed by atoms with E-state index in [4.69, 9.17) is 23.2 Å². The molecule has 0 bridgehead atoms. The van der Waals surface area contributed by atoms with Crippen LogP contribution in [0.25, 0.3) is 0 Å². The smallest absolute Gasteiger partial charge is 0.150 e. The normalized spacial score (nSPS) is 24.2. The van der Waals surface area contributed by atoms with Crippen LogP contribution in [0.5, 0.6) is 0 Å². The summed E-state index contributed by atoms with van der Waals surface area (Å²) in [5, 5.41) is 13.9. The van der Waals surface area contributed by atoms with Gasteiger partial charge in [-0.2, -0.15) is 0 Å². The number of β-amino-alcohol motifs (C(OH)–C–C–N with tert-alkyl or cyclic N) is 1. The van der Waals surface area contributed by atoms with Crippen LogP contribution in [0.1, 0.15) is 13.3 Å². The van der Waals surface area contributed by atoms with Crippen LogP contribution in [0, 0.1) is 5.92 Å². The van der Waals surface area contributed by atoms with E-state index in [-0.39, 0.29) is 6.10 Å². The predicted octanol–water partition coefficient (Wildman–Crippen LogP) is 2.64. The Labute approximate surface area is 117 Å². The largest absolute Gasteiger partial charge is 0.391 e. The summed E-state index contributed by atoms with van der Waals surface area (Å²) in [7, 11) is 1.76. The topological polar surface area (TPSA) is 48.4 Å². The van der Waals surface area contributed by atoms with Gasteiger partial charge in [0.25, 0.3) is 0 Å². The molecule has 1 saturated heterocycles. The first kappa shape index (κ1) is 13.7. The van der Waals surface area contributed by atoms with E-state index in [0.717, 1.165) is 13.0 Å². The van der Waals surface area contributed by atoms with Gasteiger partial charge in [0.15, 0.2) is 0 Å². The van der Waals surface area contributed by atoms with Crippen molar-refractivity contribution in [2.24, 2.45) is 5.92 Å². The average Bonchev–Trinajstić information content (AvgIpc) is 2.33. The maximum absolute atomic E-state index is 9.93. The zero-order valence-electron chi connectivity index (χ0n) is 10.5. The van der Waals surface area contributed by atoms with E-state index in [1.807, 2.05) is 4.90 Å². The van der Waals surface area contributed by atoms with Gasteiger partial charge >= 0.3 is 0 Å². The van der Waals surface area contributed by atoms with Crippen molar-refractivity contribution in [2.45, 2.75) is 19.4 Å². The van der Waals surface area contributed by atoms with Crippen LogP contribution in [0.4, 0.5) is 11.6 Å². The molecule has 6 heteroatoms. The standard InChI is InChI=1S/C12H17Cl2N3O/c1-7-3-4-17(6-10(7)18)12-9(14)5-8(13)11(15-2)16-12/h5,7,10,18H,3-4,6H2,1-2H3,(H,15,16). The number of hydrogen-bond donors (Lipinski definition) is 2. The highest BCUT2D eigenvalue weighted by atomic mass is 35.5. The van der Waals surface area contributed by atoms with Gasteiger partial charge in [0.05, 0.1) is 16.1 Å². The molecule has 2 rings (SSSR count). The molecule has 0 radical (unpaired) electrons. The van der Waals surface area contributed by atoms with Crippen molar-refractivity contribution in [3.05, 3.63) is 16.1 Å². The van der Waals surface area contributed by atoms with E-state index in [1.165, 1.54) is 0 Å². The number of pyridine rings is 1. The third-order valence-electron chi connectivity index (χ3n) is 3.37. The number of aromatic nitrogens is 1. The summed E-state index contributed by atoms with van der Waals surface area (Å²) in [6.45, 7) is 3.45. The van der Waals surface area contributed by atoms with Crippen LogP contribution < -0.4 is 10.2 Å². The van der Waals surface area contributed by atoms with E-state index in [0.29, 0.717) is 34.1 Å². The van der Waals surface area contributed by atoms with Crippen molar-refractivity contribution in [1.82, 2.24) is 4.98 Å². The molecule has 2 N–H and O–H groups in total. The van der Waals surface area contributed by atoms with Gasteiger partial charge in [-0.05, 0) is 18.4 Å². The Balaban J connectivity index is 2.28. The Morgan fingerprint density at radius 3 is 2.78 bits per heavy atom. The third-order valence-corrected chi connectivity index (χ3v) is 3.93. The molecule has 1 aliphatic rings. The van der Waals surface area contributed by atoms with E-state index in [9.17, 15) is 5.11 Å². The first-order chi connectivity index (χ1) is 8.52. The molecule has 1 fully saturated rings. The lowest BCUT2D eigenvalue weighted by molar-refractivity contribution is 0.102. The Hall–Kier alpha value is -0.710. The van der Waals surface area contributed by atoms with Crippen molar-refractivity contribution in [3.63, 3.8) is 0 Å². The van der Waals surface area contributed by atoms with Gasteiger partial charge in [-0.25, -0.2) is 4.98 Å². The average molecular weight is 290 g/mol. The summed E-state index contributed by atoms with van der Waals surface area (Å²) >= 11 is 12.2. The van der Waals surface area contributed by atoms with Crippen LogP contribution in [0.2, 0.25) is 10.0 Å². The number of halogens is 2. The molecule has 1 aliphatic heterocycles. The number of aliphatic hydroxyl groups is 1. The summed E-state index contributed by atoms with van der Waals surface area (Å²) in [5.74, 6) is 1.59. The SMILES string of the molecule is CNc1nc(N2CCC(C)C(O)C2)c(Cl)cc1Cl. The highest BCUT2D eigenvalue weighted by Gasteiger charge is 2.26. The number of hydrogen-bond acceptors (Lipinski definition) is 4. The highest BCUT2D eigenvalue weighted by molar-refractivity contribution is 6.37. The number of anilines is 2. The second kappa shape index (κ2) is 5.51. The van der Waals surface area contributed by atoms with Crippen LogP contribution in [0.15, 0.2) is 6.07 Å². The van der Waals surface area contributed by atoms with Gasteiger partial charge in [-0.15, -0.1) is 0 Å². The van der Waals surface area contributed by atoms with E-state index >= 15 is 0 Å². The lowest BCUT2D eigenvalue weighted by Gasteiger charge is -2.35. The monoisotopic (exact) mass is 289 g/mol. The summed E-state index contributed by atoms with van der Waals surface area (Å²) < 4.78 is 0. The Morgan fingerprint density at radius 2 is 2.17 bits per heavy atom. The van der Waals surface area contributed by atoms with E-state index in [2.05, 4.69) is 17.2 Å². The maximum atomic E-state index is 9.93. The fraction of sp³-hybridized carbons (Fsp3) is 0.583. The van der Waals surface area contributed by atoms with Crippen molar-refractivity contribution in [2.75, 3.05) is 30.4 Å². The molecular formula is C12H17Cl2N3O. The molecule has 1 aromatic rings. The van der Waals surface area contributed by atoms with Gasteiger partial charge < -0.3 is 15.3 Å². The van der Waals surface area contributed by atoms with Crippen LogP contribution in [-0.2, 0) is 0 Å². The van der Waals surface area contributed by atoms with Crippen LogP contribution in [-0.4, -0.2) is 36.3 Å². The number of nitrogens with one attached hydrogen (secondary N) is 1. The van der Waals surface area contributed by atoms with E-state index in [1.54, 1.807) is 13.1 Å². The van der Waals surface area contributed by atoms with Crippen LogP contribution >= 0.6 is 23.2 Å². The zero-order valence-corrected chi connectivity index (χ0v) is 12.0. The maximum Gasteiger partial charge on any atom is 0.150 e. The molecule has 2 heterocycles. The van der Waals surface area contributed by atoms with Crippen molar-refractivity contribution in [3.8, 4) is 0 Å².